The SMILES string of the molecule is [Si]CCCCCCCCOCC1CO1. The molecular weight excluding hydrogens is 192 g/mol. The van der Waals surface area contributed by atoms with Crippen LogP contribution in [-0.2, 0) is 9.47 Å². The average Bonchev–Trinajstić information content (AvgIpc) is 2.99. The normalized spacial score (nSPS) is 19.9. The molecule has 0 amide bonds. The summed E-state index contributed by atoms with van der Waals surface area (Å²) in [5.74, 6) is 0. The zero-order valence-electron chi connectivity index (χ0n) is 8.96. The van der Waals surface area contributed by atoms with Gasteiger partial charge in [-0.25, -0.2) is 0 Å². The summed E-state index contributed by atoms with van der Waals surface area (Å²) >= 11 is 0. The third-order valence-corrected chi connectivity index (χ3v) is 2.78. The van der Waals surface area contributed by atoms with E-state index < -0.39 is 0 Å². The van der Waals surface area contributed by atoms with Gasteiger partial charge in [-0.05, 0) is 6.42 Å². The maximum Gasteiger partial charge on any atom is 0.104 e. The van der Waals surface area contributed by atoms with Gasteiger partial charge in [-0.1, -0.05) is 38.1 Å². The molecule has 3 heteroatoms. The van der Waals surface area contributed by atoms with Crippen LogP contribution in [-0.4, -0.2) is 36.2 Å². The summed E-state index contributed by atoms with van der Waals surface area (Å²) in [6.07, 6.45) is 8.35. The minimum atomic E-state index is 0.425. The molecule has 1 fully saturated rings. The van der Waals surface area contributed by atoms with Gasteiger partial charge in [0.15, 0.2) is 0 Å². The maximum atomic E-state index is 5.45. The van der Waals surface area contributed by atoms with Gasteiger partial charge in [-0.2, -0.15) is 0 Å². The van der Waals surface area contributed by atoms with Crippen LogP contribution in [0.5, 0.6) is 0 Å². The van der Waals surface area contributed by atoms with Gasteiger partial charge in [0.1, 0.15) is 6.10 Å². The summed E-state index contributed by atoms with van der Waals surface area (Å²) in [7, 11) is 3.48. The van der Waals surface area contributed by atoms with Crippen molar-refractivity contribution in [2.75, 3.05) is 19.8 Å². The lowest BCUT2D eigenvalue weighted by Gasteiger charge is -2.02. The first-order chi connectivity index (χ1) is 6.93. The molecule has 1 heterocycles. The second kappa shape index (κ2) is 8.45. The van der Waals surface area contributed by atoms with E-state index in [1.165, 1.54) is 38.5 Å². The van der Waals surface area contributed by atoms with Gasteiger partial charge in [0.2, 0.25) is 0 Å². The van der Waals surface area contributed by atoms with Gasteiger partial charge in [-0.15, -0.1) is 0 Å². The predicted molar refractivity (Wildman–Crippen MR) is 58.8 cm³/mol. The molecule has 0 saturated carbocycles. The predicted octanol–water partition coefficient (Wildman–Crippen LogP) is 2.33. The van der Waals surface area contributed by atoms with Crippen molar-refractivity contribution in [3.05, 3.63) is 0 Å². The van der Waals surface area contributed by atoms with Crippen molar-refractivity contribution >= 4 is 10.2 Å². The highest BCUT2D eigenvalue weighted by molar-refractivity contribution is 6.08. The van der Waals surface area contributed by atoms with Gasteiger partial charge in [0, 0.05) is 16.8 Å². The number of hydrogen-bond acceptors (Lipinski definition) is 2. The van der Waals surface area contributed by atoms with E-state index in [9.17, 15) is 0 Å². The molecule has 81 valence electrons. The lowest BCUT2D eigenvalue weighted by atomic mass is 10.1. The number of epoxide rings is 1. The Morgan fingerprint density at radius 2 is 1.71 bits per heavy atom. The van der Waals surface area contributed by atoms with Gasteiger partial charge < -0.3 is 9.47 Å². The number of unbranched alkanes of at least 4 members (excludes halogenated alkanes) is 5. The van der Waals surface area contributed by atoms with Crippen LogP contribution < -0.4 is 0 Å². The second-order valence-corrected chi connectivity index (χ2v) is 4.40. The Kier molecular flexibility index (Phi) is 7.36. The molecule has 0 aromatic rings. The smallest absolute Gasteiger partial charge is 0.104 e. The number of ether oxygens (including phenoxy) is 2. The Bertz CT molecular complexity index is 126. The van der Waals surface area contributed by atoms with Gasteiger partial charge in [-0.3, -0.25) is 0 Å². The van der Waals surface area contributed by atoms with E-state index in [0.717, 1.165) is 25.9 Å². The van der Waals surface area contributed by atoms with Gasteiger partial charge in [0.25, 0.3) is 0 Å². The number of hydrogen-bond donors (Lipinski definition) is 0. The molecule has 1 saturated heterocycles. The highest BCUT2D eigenvalue weighted by Gasteiger charge is 2.21. The first-order valence-corrected chi connectivity index (χ1v) is 6.48. The highest BCUT2D eigenvalue weighted by atomic mass is 28.1. The Labute approximate surface area is 90.8 Å². The molecule has 1 atom stereocenters. The van der Waals surface area contributed by atoms with Crippen LogP contribution in [0.4, 0.5) is 0 Å². The average molecular weight is 213 g/mol. The van der Waals surface area contributed by atoms with E-state index in [0.29, 0.717) is 6.10 Å². The molecule has 0 aromatic carbocycles. The minimum Gasteiger partial charge on any atom is -0.379 e. The summed E-state index contributed by atoms with van der Waals surface area (Å²) in [5, 5.41) is 0. The molecule has 1 unspecified atom stereocenters. The molecule has 0 aromatic heterocycles. The molecule has 1 rings (SSSR count). The van der Waals surface area contributed by atoms with Crippen molar-refractivity contribution in [1.82, 2.24) is 0 Å². The van der Waals surface area contributed by atoms with E-state index in [-0.39, 0.29) is 0 Å². The zero-order valence-corrected chi connectivity index (χ0v) is 9.96. The molecule has 1 aliphatic heterocycles. The summed E-state index contributed by atoms with van der Waals surface area (Å²) in [5.41, 5.74) is 0. The Balaban J connectivity index is 1.63. The molecule has 14 heavy (non-hydrogen) atoms. The summed E-state index contributed by atoms with van der Waals surface area (Å²) in [6.45, 7) is 2.63. The molecule has 2 nitrogen and oxygen atoms in total. The van der Waals surface area contributed by atoms with E-state index in [2.05, 4.69) is 10.2 Å². The fraction of sp³-hybridized carbons (Fsp3) is 1.00. The van der Waals surface area contributed by atoms with Crippen molar-refractivity contribution in [3.63, 3.8) is 0 Å². The quantitative estimate of drug-likeness (QED) is 0.316. The lowest BCUT2D eigenvalue weighted by molar-refractivity contribution is 0.113. The largest absolute Gasteiger partial charge is 0.379 e. The van der Waals surface area contributed by atoms with Crippen LogP contribution >= 0.6 is 0 Å². The van der Waals surface area contributed by atoms with Gasteiger partial charge in [0.05, 0.1) is 13.2 Å². The minimum absolute atomic E-state index is 0.425. The molecule has 0 bridgehead atoms. The van der Waals surface area contributed by atoms with E-state index >= 15 is 0 Å². The van der Waals surface area contributed by atoms with Crippen LogP contribution in [0.15, 0.2) is 0 Å². The van der Waals surface area contributed by atoms with Crippen molar-refractivity contribution in [3.8, 4) is 0 Å². The van der Waals surface area contributed by atoms with Crippen LogP contribution in [0.1, 0.15) is 38.5 Å². The Morgan fingerprint density at radius 3 is 2.36 bits per heavy atom. The summed E-state index contributed by atoms with van der Waals surface area (Å²) in [6, 6.07) is 1.14. The van der Waals surface area contributed by atoms with Crippen molar-refractivity contribution < 1.29 is 9.47 Å². The summed E-state index contributed by atoms with van der Waals surface area (Å²) < 4.78 is 10.5. The topological polar surface area (TPSA) is 21.8 Å². The molecule has 3 radical (unpaired) electrons. The molecular formula is C11H21O2Si. The Morgan fingerprint density at radius 1 is 1.07 bits per heavy atom. The molecule has 0 N–H and O–H groups in total. The van der Waals surface area contributed by atoms with Crippen LogP contribution in [0.3, 0.4) is 0 Å². The van der Waals surface area contributed by atoms with E-state index in [4.69, 9.17) is 9.47 Å². The molecule has 0 spiro atoms. The lowest BCUT2D eigenvalue weighted by Crippen LogP contribution is -2.02. The fourth-order valence-corrected chi connectivity index (χ4v) is 1.67. The van der Waals surface area contributed by atoms with E-state index in [1.807, 2.05) is 0 Å². The highest BCUT2D eigenvalue weighted by Crippen LogP contribution is 2.10. The monoisotopic (exact) mass is 213 g/mol. The standard InChI is InChI=1S/C11H21O2Si/c14-8-6-4-2-1-3-5-7-12-9-11-10-13-11/h11H,1-10H2. The first-order valence-electron chi connectivity index (χ1n) is 5.77. The van der Waals surface area contributed by atoms with Crippen molar-refractivity contribution in [1.29, 1.82) is 0 Å². The first kappa shape index (κ1) is 12.2. The van der Waals surface area contributed by atoms with Crippen LogP contribution in [0.2, 0.25) is 6.04 Å². The second-order valence-electron chi connectivity index (χ2n) is 3.90. The molecule has 0 aliphatic carbocycles. The summed E-state index contributed by atoms with van der Waals surface area (Å²) in [4.78, 5) is 0. The van der Waals surface area contributed by atoms with Crippen LogP contribution in [0.25, 0.3) is 0 Å². The van der Waals surface area contributed by atoms with Gasteiger partial charge >= 0.3 is 0 Å². The fourth-order valence-electron chi connectivity index (χ4n) is 1.42. The third-order valence-electron chi connectivity index (χ3n) is 2.42. The number of rotatable bonds is 10. The maximum absolute atomic E-state index is 5.45. The zero-order chi connectivity index (χ0) is 10.1. The van der Waals surface area contributed by atoms with E-state index in [1.54, 1.807) is 0 Å². The van der Waals surface area contributed by atoms with Crippen molar-refractivity contribution in [2.24, 2.45) is 0 Å². The van der Waals surface area contributed by atoms with Crippen molar-refractivity contribution in [2.45, 2.75) is 50.7 Å². The third kappa shape index (κ3) is 7.53. The van der Waals surface area contributed by atoms with Crippen LogP contribution in [0, 0.1) is 0 Å². The molecule has 1 aliphatic rings. The Hall–Kier alpha value is 0.137.